The van der Waals surface area contributed by atoms with Gasteiger partial charge in [-0.2, -0.15) is 0 Å². The zero-order valence-corrected chi connectivity index (χ0v) is 10.2. The van der Waals surface area contributed by atoms with Gasteiger partial charge in [-0.3, -0.25) is 0 Å². The van der Waals surface area contributed by atoms with Crippen molar-refractivity contribution in [2.45, 2.75) is 13.0 Å². The SMILES string of the molecule is COC(=O)C1CN1c1ccc(Br)c(C)c1. The first-order valence-electron chi connectivity index (χ1n) is 4.74. The Labute approximate surface area is 97.2 Å². The van der Waals surface area contributed by atoms with Crippen molar-refractivity contribution in [2.24, 2.45) is 0 Å². The number of hydrogen-bond donors (Lipinski definition) is 0. The first-order chi connectivity index (χ1) is 7.13. The van der Waals surface area contributed by atoms with Gasteiger partial charge >= 0.3 is 5.97 Å². The summed E-state index contributed by atoms with van der Waals surface area (Å²) in [6, 6.07) is 5.97. The number of ether oxygens (including phenoxy) is 1. The zero-order chi connectivity index (χ0) is 11.0. The number of nitrogens with zero attached hydrogens (tertiary/aromatic N) is 1. The lowest BCUT2D eigenvalue weighted by molar-refractivity contribution is -0.139. The van der Waals surface area contributed by atoms with Crippen molar-refractivity contribution in [3.05, 3.63) is 28.2 Å². The van der Waals surface area contributed by atoms with E-state index in [4.69, 9.17) is 0 Å². The van der Waals surface area contributed by atoms with Crippen LogP contribution in [-0.4, -0.2) is 25.7 Å². The van der Waals surface area contributed by atoms with Crippen LogP contribution >= 0.6 is 15.9 Å². The quantitative estimate of drug-likeness (QED) is 0.609. The Morgan fingerprint density at radius 1 is 1.60 bits per heavy atom. The normalized spacial score (nSPS) is 18.9. The van der Waals surface area contributed by atoms with Crippen LogP contribution in [-0.2, 0) is 9.53 Å². The van der Waals surface area contributed by atoms with Crippen molar-refractivity contribution in [3.63, 3.8) is 0 Å². The molecule has 0 N–H and O–H groups in total. The van der Waals surface area contributed by atoms with Gasteiger partial charge in [0.05, 0.1) is 13.7 Å². The van der Waals surface area contributed by atoms with Gasteiger partial charge < -0.3 is 9.64 Å². The zero-order valence-electron chi connectivity index (χ0n) is 8.66. The monoisotopic (exact) mass is 269 g/mol. The van der Waals surface area contributed by atoms with Crippen LogP contribution in [0.5, 0.6) is 0 Å². The van der Waals surface area contributed by atoms with Gasteiger partial charge in [-0.05, 0) is 30.7 Å². The Bertz CT molecular complexity index is 406. The molecule has 80 valence electrons. The third kappa shape index (κ3) is 2.00. The van der Waals surface area contributed by atoms with Crippen LogP contribution in [0.2, 0.25) is 0 Å². The molecule has 1 fully saturated rings. The minimum absolute atomic E-state index is 0.0874. The van der Waals surface area contributed by atoms with E-state index >= 15 is 0 Å². The fourth-order valence-electron chi connectivity index (χ4n) is 1.57. The fraction of sp³-hybridized carbons (Fsp3) is 0.364. The summed E-state index contributed by atoms with van der Waals surface area (Å²) in [5.41, 5.74) is 2.24. The third-order valence-corrected chi connectivity index (χ3v) is 3.45. The van der Waals surface area contributed by atoms with Crippen LogP contribution in [0.4, 0.5) is 5.69 Å². The van der Waals surface area contributed by atoms with Crippen LogP contribution < -0.4 is 4.90 Å². The Morgan fingerprint density at radius 3 is 2.93 bits per heavy atom. The molecular formula is C11H12BrNO2. The molecule has 3 nitrogen and oxygen atoms in total. The van der Waals surface area contributed by atoms with E-state index < -0.39 is 0 Å². The van der Waals surface area contributed by atoms with Crippen LogP contribution in [0.1, 0.15) is 5.56 Å². The first kappa shape index (κ1) is 10.5. The maximum absolute atomic E-state index is 11.2. The lowest BCUT2D eigenvalue weighted by Crippen LogP contribution is -2.13. The van der Waals surface area contributed by atoms with E-state index in [1.54, 1.807) is 0 Å². The average molecular weight is 270 g/mol. The molecule has 0 spiro atoms. The number of halogens is 1. The third-order valence-electron chi connectivity index (χ3n) is 2.56. The maximum atomic E-state index is 11.2. The number of aryl methyl sites for hydroxylation is 1. The number of esters is 1. The molecule has 1 aliphatic heterocycles. The van der Waals surface area contributed by atoms with Gasteiger partial charge in [0, 0.05) is 10.2 Å². The smallest absolute Gasteiger partial charge is 0.330 e. The minimum Gasteiger partial charge on any atom is -0.467 e. The second kappa shape index (κ2) is 3.85. The Kier molecular flexibility index (Phi) is 2.69. The van der Waals surface area contributed by atoms with E-state index in [0.717, 1.165) is 16.7 Å². The number of hydrogen-bond acceptors (Lipinski definition) is 3. The molecule has 1 saturated heterocycles. The summed E-state index contributed by atoms with van der Waals surface area (Å²) in [7, 11) is 1.42. The maximum Gasteiger partial charge on any atom is 0.330 e. The minimum atomic E-state index is -0.157. The van der Waals surface area contributed by atoms with E-state index in [1.807, 2.05) is 24.0 Å². The van der Waals surface area contributed by atoms with Crippen LogP contribution in [0.3, 0.4) is 0 Å². The number of carbonyl (C=O) groups is 1. The van der Waals surface area contributed by atoms with Gasteiger partial charge in [0.25, 0.3) is 0 Å². The van der Waals surface area contributed by atoms with Gasteiger partial charge in [-0.15, -0.1) is 0 Å². The molecule has 0 saturated carbocycles. The lowest BCUT2D eigenvalue weighted by Gasteiger charge is -2.06. The molecule has 1 heterocycles. The van der Waals surface area contributed by atoms with E-state index in [0.29, 0.717) is 0 Å². The molecule has 0 radical (unpaired) electrons. The largest absolute Gasteiger partial charge is 0.467 e. The van der Waals surface area contributed by atoms with E-state index in [9.17, 15) is 4.79 Å². The molecule has 1 unspecified atom stereocenters. The Balaban J connectivity index is 2.13. The highest BCUT2D eigenvalue weighted by molar-refractivity contribution is 9.10. The molecular weight excluding hydrogens is 258 g/mol. The van der Waals surface area contributed by atoms with Gasteiger partial charge in [-0.25, -0.2) is 4.79 Å². The van der Waals surface area contributed by atoms with Crippen molar-refractivity contribution >= 4 is 27.6 Å². The number of benzene rings is 1. The molecule has 4 heteroatoms. The lowest BCUT2D eigenvalue weighted by atomic mass is 10.2. The van der Waals surface area contributed by atoms with Gasteiger partial charge in [-0.1, -0.05) is 15.9 Å². The Hall–Kier alpha value is -1.03. The summed E-state index contributed by atoms with van der Waals surface area (Å²) in [4.78, 5) is 13.3. The molecule has 0 amide bonds. The summed E-state index contributed by atoms with van der Waals surface area (Å²) in [5, 5.41) is 0. The molecule has 1 atom stereocenters. The van der Waals surface area contributed by atoms with Crippen molar-refractivity contribution < 1.29 is 9.53 Å². The van der Waals surface area contributed by atoms with Crippen LogP contribution in [0.25, 0.3) is 0 Å². The molecule has 15 heavy (non-hydrogen) atoms. The molecule has 2 rings (SSSR count). The van der Waals surface area contributed by atoms with Gasteiger partial charge in [0.2, 0.25) is 0 Å². The number of rotatable bonds is 2. The van der Waals surface area contributed by atoms with E-state index in [2.05, 4.69) is 26.7 Å². The van der Waals surface area contributed by atoms with Crippen LogP contribution in [0, 0.1) is 6.92 Å². The predicted octanol–water partition coefficient (Wildman–Crippen LogP) is 2.12. The standard InChI is InChI=1S/C11H12BrNO2/c1-7-5-8(3-4-9(7)12)13-6-10(13)11(14)15-2/h3-5,10H,6H2,1-2H3. The van der Waals surface area contributed by atoms with Crippen molar-refractivity contribution in [3.8, 4) is 0 Å². The summed E-state index contributed by atoms with van der Waals surface area (Å²) < 4.78 is 5.78. The van der Waals surface area contributed by atoms with Gasteiger partial charge in [0.1, 0.15) is 6.04 Å². The summed E-state index contributed by atoms with van der Waals surface area (Å²) >= 11 is 3.45. The highest BCUT2D eigenvalue weighted by atomic mass is 79.9. The number of methoxy groups -OCH3 is 1. The van der Waals surface area contributed by atoms with E-state index in [-0.39, 0.29) is 12.0 Å². The molecule has 1 aromatic rings. The molecule has 0 aliphatic carbocycles. The Morgan fingerprint density at radius 2 is 2.33 bits per heavy atom. The molecule has 0 bridgehead atoms. The second-order valence-electron chi connectivity index (χ2n) is 3.62. The average Bonchev–Trinajstić information content (AvgIpc) is 3.01. The van der Waals surface area contributed by atoms with Crippen molar-refractivity contribution in [1.29, 1.82) is 0 Å². The number of carbonyl (C=O) groups excluding carboxylic acids is 1. The topological polar surface area (TPSA) is 29.3 Å². The highest BCUT2D eigenvalue weighted by Crippen LogP contribution is 2.31. The second-order valence-corrected chi connectivity index (χ2v) is 4.48. The summed E-state index contributed by atoms with van der Waals surface area (Å²) in [6.45, 7) is 2.79. The molecule has 1 aromatic carbocycles. The highest BCUT2D eigenvalue weighted by Gasteiger charge is 2.41. The molecule has 0 aromatic heterocycles. The molecule has 1 aliphatic rings. The van der Waals surface area contributed by atoms with E-state index in [1.165, 1.54) is 12.7 Å². The van der Waals surface area contributed by atoms with Gasteiger partial charge in [0.15, 0.2) is 0 Å². The predicted molar refractivity (Wildman–Crippen MR) is 62.0 cm³/mol. The summed E-state index contributed by atoms with van der Waals surface area (Å²) in [5.74, 6) is -0.157. The number of anilines is 1. The first-order valence-corrected chi connectivity index (χ1v) is 5.53. The summed E-state index contributed by atoms with van der Waals surface area (Å²) in [6.07, 6.45) is 0. The fourth-order valence-corrected chi connectivity index (χ4v) is 1.82. The van der Waals surface area contributed by atoms with Crippen molar-refractivity contribution in [1.82, 2.24) is 0 Å². The van der Waals surface area contributed by atoms with Crippen molar-refractivity contribution in [2.75, 3.05) is 18.6 Å². The van der Waals surface area contributed by atoms with Crippen LogP contribution in [0.15, 0.2) is 22.7 Å².